The van der Waals surface area contributed by atoms with E-state index in [9.17, 15) is 14.7 Å². The van der Waals surface area contributed by atoms with Crippen molar-refractivity contribution in [3.8, 4) is 0 Å². The van der Waals surface area contributed by atoms with Crippen molar-refractivity contribution in [2.75, 3.05) is 0 Å². The minimum Gasteiger partial charge on any atom is -0.479 e. The second-order valence-electron chi connectivity index (χ2n) is 4.07. The normalized spacial score (nSPS) is 16.6. The van der Waals surface area contributed by atoms with Crippen LogP contribution >= 0.6 is 27.3 Å². The van der Waals surface area contributed by atoms with E-state index in [2.05, 4.69) is 15.9 Å². The molecule has 92 valence electrons. The topological polar surface area (TPSA) is 57.6 Å². The molecule has 1 fully saturated rings. The Morgan fingerprint density at radius 3 is 2.59 bits per heavy atom. The predicted molar refractivity (Wildman–Crippen MR) is 67.9 cm³/mol. The molecule has 2 rings (SSSR count). The van der Waals surface area contributed by atoms with Crippen LogP contribution in [0.2, 0.25) is 0 Å². The number of nitrogens with zero attached hydrogens (tertiary/aromatic N) is 1. The van der Waals surface area contributed by atoms with Gasteiger partial charge in [-0.25, -0.2) is 4.79 Å². The van der Waals surface area contributed by atoms with Crippen LogP contribution in [0, 0.1) is 0 Å². The Balaban J connectivity index is 2.33. The summed E-state index contributed by atoms with van der Waals surface area (Å²) in [4.78, 5) is 25.2. The number of hydrogen-bond acceptors (Lipinski definition) is 3. The first-order valence-electron chi connectivity index (χ1n) is 5.26. The van der Waals surface area contributed by atoms with Gasteiger partial charge in [-0.05, 0) is 34.8 Å². The molecule has 0 aromatic carbocycles. The van der Waals surface area contributed by atoms with Gasteiger partial charge in [-0.1, -0.05) is 0 Å². The minimum atomic E-state index is -0.971. The highest BCUT2D eigenvalue weighted by Crippen LogP contribution is 2.37. The van der Waals surface area contributed by atoms with Gasteiger partial charge in [-0.15, -0.1) is 11.3 Å². The number of hydrogen-bond donors (Lipinski definition) is 1. The molecule has 4 nitrogen and oxygen atoms in total. The number of carboxylic acids is 1. The molecule has 0 radical (unpaired) electrons. The van der Waals surface area contributed by atoms with Crippen molar-refractivity contribution in [3.05, 3.63) is 20.8 Å². The lowest BCUT2D eigenvalue weighted by molar-refractivity contribution is -0.150. The number of halogens is 1. The summed E-state index contributed by atoms with van der Waals surface area (Å²) in [7, 11) is 0. The summed E-state index contributed by atoms with van der Waals surface area (Å²) in [5, 5.41) is 11.2. The van der Waals surface area contributed by atoms with Crippen LogP contribution in [0.1, 0.15) is 30.7 Å². The van der Waals surface area contributed by atoms with E-state index < -0.39 is 12.0 Å². The van der Waals surface area contributed by atoms with Crippen LogP contribution in [0.25, 0.3) is 0 Å². The first kappa shape index (κ1) is 12.6. The van der Waals surface area contributed by atoms with E-state index in [1.54, 1.807) is 6.07 Å². The van der Waals surface area contributed by atoms with E-state index in [-0.39, 0.29) is 11.9 Å². The first-order valence-corrected chi connectivity index (χ1v) is 6.93. The molecule has 1 amide bonds. The first-order chi connectivity index (χ1) is 8.00. The maximum atomic E-state index is 11.6. The van der Waals surface area contributed by atoms with Gasteiger partial charge in [0.1, 0.15) is 0 Å². The lowest BCUT2D eigenvalue weighted by Crippen LogP contribution is -2.38. The fourth-order valence-corrected chi connectivity index (χ4v) is 3.39. The number of rotatable bonds is 4. The van der Waals surface area contributed by atoms with Gasteiger partial charge < -0.3 is 10.0 Å². The van der Waals surface area contributed by atoms with Crippen LogP contribution in [0.5, 0.6) is 0 Å². The molecule has 17 heavy (non-hydrogen) atoms. The van der Waals surface area contributed by atoms with Crippen LogP contribution in [0.4, 0.5) is 0 Å². The van der Waals surface area contributed by atoms with Crippen molar-refractivity contribution in [2.45, 2.75) is 31.8 Å². The fraction of sp³-hybridized carbons (Fsp3) is 0.455. The molecular weight excluding hydrogens is 306 g/mol. The molecule has 6 heteroatoms. The van der Waals surface area contributed by atoms with Gasteiger partial charge in [0.2, 0.25) is 5.91 Å². The maximum Gasteiger partial charge on any atom is 0.331 e. The molecular formula is C11H12BrNO3S. The van der Waals surface area contributed by atoms with Crippen molar-refractivity contribution < 1.29 is 14.7 Å². The average molecular weight is 318 g/mol. The van der Waals surface area contributed by atoms with Crippen molar-refractivity contribution in [1.29, 1.82) is 0 Å². The SMILES string of the molecule is CC(=O)N(C1CC1)C(C(=O)O)c1cc(Br)cs1. The minimum absolute atomic E-state index is 0.0921. The van der Waals surface area contributed by atoms with Gasteiger partial charge in [0, 0.05) is 27.7 Å². The molecule has 1 heterocycles. The quantitative estimate of drug-likeness (QED) is 0.928. The highest BCUT2D eigenvalue weighted by molar-refractivity contribution is 9.10. The second kappa shape index (κ2) is 4.78. The van der Waals surface area contributed by atoms with E-state index in [0.717, 1.165) is 17.3 Å². The zero-order valence-corrected chi connectivity index (χ0v) is 11.6. The number of carboxylic acid groups (broad SMARTS) is 1. The van der Waals surface area contributed by atoms with Crippen LogP contribution < -0.4 is 0 Å². The Labute approximate surface area is 111 Å². The zero-order valence-electron chi connectivity index (χ0n) is 9.22. The zero-order chi connectivity index (χ0) is 12.6. The van der Waals surface area contributed by atoms with Crippen LogP contribution in [-0.4, -0.2) is 27.9 Å². The van der Waals surface area contributed by atoms with Gasteiger partial charge in [-0.2, -0.15) is 0 Å². The monoisotopic (exact) mass is 317 g/mol. The third-order valence-electron chi connectivity index (χ3n) is 2.67. The summed E-state index contributed by atoms with van der Waals surface area (Å²) in [5.74, 6) is -1.15. The van der Waals surface area contributed by atoms with Gasteiger partial charge in [0.15, 0.2) is 6.04 Å². The molecule has 0 spiro atoms. The van der Waals surface area contributed by atoms with Crippen molar-refractivity contribution >= 4 is 39.1 Å². The lowest BCUT2D eigenvalue weighted by atomic mass is 10.2. The third kappa shape index (κ3) is 2.69. The molecule has 1 aromatic rings. The number of carbonyl (C=O) groups excluding carboxylic acids is 1. The van der Waals surface area contributed by atoms with Crippen LogP contribution in [0.15, 0.2) is 15.9 Å². The van der Waals surface area contributed by atoms with Crippen molar-refractivity contribution in [1.82, 2.24) is 4.90 Å². The molecule has 1 saturated carbocycles. The van der Waals surface area contributed by atoms with Gasteiger partial charge in [0.25, 0.3) is 0 Å². The number of carbonyl (C=O) groups is 2. The molecule has 1 aliphatic carbocycles. The van der Waals surface area contributed by atoms with Gasteiger partial charge in [-0.3, -0.25) is 4.79 Å². The molecule has 1 aromatic heterocycles. The lowest BCUT2D eigenvalue weighted by Gasteiger charge is -2.27. The Morgan fingerprint density at radius 1 is 1.59 bits per heavy atom. The summed E-state index contributed by atoms with van der Waals surface area (Å²) in [6.45, 7) is 1.43. The fourth-order valence-electron chi connectivity index (χ4n) is 1.85. The predicted octanol–water partition coefficient (Wildman–Crippen LogP) is 2.65. The summed E-state index contributed by atoms with van der Waals surface area (Å²) in [6.07, 6.45) is 1.80. The largest absolute Gasteiger partial charge is 0.479 e. The molecule has 0 saturated heterocycles. The molecule has 0 aliphatic heterocycles. The average Bonchev–Trinajstić information content (AvgIpc) is 2.97. The van der Waals surface area contributed by atoms with Crippen LogP contribution in [-0.2, 0) is 9.59 Å². The molecule has 1 unspecified atom stereocenters. The maximum absolute atomic E-state index is 11.6. The Morgan fingerprint density at radius 2 is 2.24 bits per heavy atom. The Hall–Kier alpha value is -0.880. The molecule has 1 N–H and O–H groups in total. The number of aliphatic carboxylic acids is 1. The standard InChI is InChI=1S/C11H12BrNO3S/c1-6(14)13(8-2-3-8)10(11(15)16)9-4-7(12)5-17-9/h4-5,8,10H,2-3H2,1H3,(H,15,16). The third-order valence-corrected chi connectivity index (χ3v) is 4.42. The Kier molecular flexibility index (Phi) is 3.53. The van der Waals surface area contributed by atoms with E-state index >= 15 is 0 Å². The van der Waals surface area contributed by atoms with E-state index in [0.29, 0.717) is 4.88 Å². The molecule has 0 bridgehead atoms. The summed E-state index contributed by atoms with van der Waals surface area (Å²) in [5.41, 5.74) is 0. The smallest absolute Gasteiger partial charge is 0.331 e. The van der Waals surface area contributed by atoms with Crippen molar-refractivity contribution in [3.63, 3.8) is 0 Å². The number of amides is 1. The summed E-state index contributed by atoms with van der Waals surface area (Å²) in [6, 6.07) is 1.01. The van der Waals surface area contributed by atoms with E-state index in [1.807, 2.05) is 5.38 Å². The highest BCUT2D eigenvalue weighted by atomic mass is 79.9. The molecule has 1 atom stereocenters. The van der Waals surface area contributed by atoms with Crippen LogP contribution in [0.3, 0.4) is 0 Å². The van der Waals surface area contributed by atoms with E-state index in [1.165, 1.54) is 23.2 Å². The van der Waals surface area contributed by atoms with Gasteiger partial charge >= 0.3 is 5.97 Å². The van der Waals surface area contributed by atoms with E-state index in [4.69, 9.17) is 0 Å². The second-order valence-corrected chi connectivity index (χ2v) is 5.92. The molecule has 1 aliphatic rings. The highest BCUT2D eigenvalue weighted by Gasteiger charge is 2.40. The number of thiophene rings is 1. The summed E-state index contributed by atoms with van der Waals surface area (Å²) < 4.78 is 0.850. The summed E-state index contributed by atoms with van der Waals surface area (Å²) >= 11 is 4.66. The van der Waals surface area contributed by atoms with Crippen molar-refractivity contribution in [2.24, 2.45) is 0 Å². The Bertz CT molecular complexity index is 455. The van der Waals surface area contributed by atoms with Gasteiger partial charge in [0.05, 0.1) is 0 Å².